The van der Waals surface area contributed by atoms with E-state index in [4.69, 9.17) is 0 Å². The molecule has 0 bridgehead atoms. The molecule has 1 aromatic carbocycles. The molecule has 11 heavy (non-hydrogen) atoms. The van der Waals surface area contributed by atoms with Gasteiger partial charge < -0.3 is 0 Å². The SMILES string of the molecule is Cl.[CH2-]c1ccc(F)cc1F.[Zn]. The zero-order valence-electron chi connectivity index (χ0n) is 5.81. The van der Waals surface area contributed by atoms with Crippen LogP contribution in [0.25, 0.3) is 0 Å². The molecule has 0 N–H and O–H groups in total. The second-order valence-electron chi connectivity index (χ2n) is 1.74. The van der Waals surface area contributed by atoms with Crippen molar-refractivity contribution in [2.45, 2.75) is 0 Å². The number of rotatable bonds is 0. The van der Waals surface area contributed by atoms with Gasteiger partial charge in [-0.15, -0.1) is 12.4 Å². The van der Waals surface area contributed by atoms with Crippen molar-refractivity contribution in [3.05, 3.63) is 42.3 Å². The zero-order valence-corrected chi connectivity index (χ0v) is 9.59. The molecule has 0 spiro atoms. The van der Waals surface area contributed by atoms with Gasteiger partial charge in [-0.25, -0.2) is 4.39 Å². The topological polar surface area (TPSA) is 0 Å². The van der Waals surface area contributed by atoms with E-state index >= 15 is 0 Å². The van der Waals surface area contributed by atoms with Crippen LogP contribution < -0.4 is 0 Å². The summed E-state index contributed by atoms with van der Waals surface area (Å²) in [7, 11) is 0. The predicted molar refractivity (Wildman–Crippen MR) is 38.1 cm³/mol. The Labute approximate surface area is 83.2 Å². The number of halogens is 3. The minimum absolute atomic E-state index is 0. The van der Waals surface area contributed by atoms with E-state index in [1.54, 1.807) is 0 Å². The van der Waals surface area contributed by atoms with Gasteiger partial charge in [0.15, 0.2) is 0 Å². The quantitative estimate of drug-likeness (QED) is 0.473. The molecule has 0 heterocycles. The summed E-state index contributed by atoms with van der Waals surface area (Å²) < 4.78 is 24.4. The molecule has 1 rings (SSSR count). The Bertz CT molecular complexity index is 228. The molecule has 0 radical (unpaired) electrons. The van der Waals surface area contributed by atoms with Gasteiger partial charge in [0, 0.05) is 25.3 Å². The van der Waals surface area contributed by atoms with Crippen LogP contribution >= 0.6 is 12.4 Å². The summed E-state index contributed by atoms with van der Waals surface area (Å²) in [6, 6.07) is 3.28. The summed E-state index contributed by atoms with van der Waals surface area (Å²) in [5.74, 6) is -1.17. The second-order valence-corrected chi connectivity index (χ2v) is 1.74. The van der Waals surface area contributed by atoms with E-state index in [9.17, 15) is 8.78 Å². The number of hydrogen-bond acceptors (Lipinski definition) is 0. The van der Waals surface area contributed by atoms with Crippen molar-refractivity contribution in [1.29, 1.82) is 0 Å². The molecule has 0 aliphatic heterocycles. The standard InChI is InChI=1S/C7H5F2.ClH.Zn/c1-5-2-3-6(8)4-7(5)9;;/h2-4H,1H2;1H;/q-1;;. The molecule has 58 valence electrons. The molecule has 0 aliphatic carbocycles. The Kier molecular flexibility index (Phi) is 6.73. The maximum Gasteiger partial charge on any atom is 0.101 e. The molecule has 0 aliphatic rings. The Balaban J connectivity index is 0. The molecule has 0 saturated heterocycles. The molecule has 0 amide bonds. The summed E-state index contributed by atoms with van der Waals surface area (Å²) >= 11 is 0. The molecule has 0 atom stereocenters. The molecule has 0 saturated carbocycles. The monoisotopic (exact) mass is 227 g/mol. The van der Waals surface area contributed by atoms with E-state index in [2.05, 4.69) is 6.92 Å². The summed E-state index contributed by atoms with van der Waals surface area (Å²) in [4.78, 5) is 0. The van der Waals surface area contributed by atoms with E-state index in [-0.39, 0.29) is 37.4 Å². The molecule has 0 nitrogen and oxygen atoms in total. The van der Waals surface area contributed by atoms with E-state index in [1.165, 1.54) is 12.1 Å². The van der Waals surface area contributed by atoms with Crippen molar-refractivity contribution in [1.82, 2.24) is 0 Å². The summed E-state index contributed by atoms with van der Waals surface area (Å²) in [6.07, 6.45) is 0. The normalized spacial score (nSPS) is 7.82. The maximum atomic E-state index is 12.3. The van der Waals surface area contributed by atoms with E-state index in [0.29, 0.717) is 0 Å². The van der Waals surface area contributed by atoms with Crippen LogP contribution in [0, 0.1) is 18.6 Å². The van der Waals surface area contributed by atoms with Gasteiger partial charge in [-0.2, -0.15) is 18.6 Å². The molecule has 0 fully saturated rings. The third kappa shape index (κ3) is 3.69. The first-order chi connectivity index (χ1) is 4.20. The smallest absolute Gasteiger partial charge is 0.101 e. The third-order valence-electron chi connectivity index (χ3n) is 1.02. The Morgan fingerprint density at radius 1 is 1.18 bits per heavy atom. The number of hydrogen-bond donors (Lipinski definition) is 0. The van der Waals surface area contributed by atoms with Crippen molar-refractivity contribution in [3.8, 4) is 0 Å². The zero-order chi connectivity index (χ0) is 6.85. The van der Waals surface area contributed by atoms with Crippen LogP contribution in [0.4, 0.5) is 8.78 Å². The van der Waals surface area contributed by atoms with Crippen molar-refractivity contribution < 1.29 is 28.3 Å². The van der Waals surface area contributed by atoms with Gasteiger partial charge in [-0.05, 0) is 6.07 Å². The van der Waals surface area contributed by atoms with Crippen LogP contribution in [-0.4, -0.2) is 0 Å². The minimum atomic E-state index is -0.602. The average molecular weight is 229 g/mol. The van der Waals surface area contributed by atoms with Crippen LogP contribution in [0.5, 0.6) is 0 Å². The molecule has 4 heteroatoms. The van der Waals surface area contributed by atoms with Crippen molar-refractivity contribution >= 4 is 12.4 Å². The first kappa shape index (κ1) is 13.5. The van der Waals surface area contributed by atoms with Crippen LogP contribution in [0.3, 0.4) is 0 Å². The molecular formula is C7H6ClF2Zn-. The van der Waals surface area contributed by atoms with Crippen molar-refractivity contribution in [2.24, 2.45) is 0 Å². The Hall–Kier alpha value is -0.137. The van der Waals surface area contributed by atoms with E-state index < -0.39 is 11.6 Å². The van der Waals surface area contributed by atoms with Gasteiger partial charge in [0.05, 0.1) is 0 Å². The van der Waals surface area contributed by atoms with Gasteiger partial charge in [0.25, 0.3) is 0 Å². The fourth-order valence-electron chi connectivity index (χ4n) is 0.522. The molecule has 0 aromatic heterocycles. The summed E-state index contributed by atoms with van der Waals surface area (Å²) in [5.41, 5.74) is 0.219. The first-order valence-corrected chi connectivity index (χ1v) is 2.47. The Morgan fingerprint density at radius 3 is 2.09 bits per heavy atom. The van der Waals surface area contributed by atoms with Crippen LogP contribution in [-0.2, 0) is 19.5 Å². The summed E-state index contributed by atoms with van der Waals surface area (Å²) in [6.45, 7) is 3.32. The maximum absolute atomic E-state index is 12.3. The number of benzene rings is 1. The van der Waals surface area contributed by atoms with Gasteiger partial charge >= 0.3 is 0 Å². The predicted octanol–water partition coefficient (Wildman–Crippen LogP) is 2.57. The van der Waals surface area contributed by atoms with Gasteiger partial charge in [0.1, 0.15) is 5.82 Å². The Morgan fingerprint density at radius 2 is 1.73 bits per heavy atom. The fraction of sp³-hybridized carbons (Fsp3) is 0. The van der Waals surface area contributed by atoms with E-state index in [0.717, 1.165) is 6.07 Å². The second kappa shape index (κ2) is 5.51. The summed E-state index contributed by atoms with van der Waals surface area (Å²) in [5, 5.41) is 0. The molecule has 0 unspecified atom stereocenters. The van der Waals surface area contributed by atoms with Gasteiger partial charge in [-0.1, -0.05) is 6.07 Å². The molecule has 1 aromatic rings. The minimum Gasteiger partial charge on any atom is -0.284 e. The van der Waals surface area contributed by atoms with E-state index in [1.807, 2.05) is 0 Å². The van der Waals surface area contributed by atoms with Crippen LogP contribution in [0.2, 0.25) is 0 Å². The van der Waals surface area contributed by atoms with Gasteiger partial charge in [-0.3, -0.25) is 4.39 Å². The average Bonchev–Trinajstić information content (AvgIpc) is 1.80. The molecular weight excluding hydrogens is 223 g/mol. The third-order valence-corrected chi connectivity index (χ3v) is 1.02. The van der Waals surface area contributed by atoms with Crippen LogP contribution in [0.15, 0.2) is 18.2 Å². The van der Waals surface area contributed by atoms with Crippen LogP contribution in [0.1, 0.15) is 5.56 Å². The largest absolute Gasteiger partial charge is 0.284 e. The fourth-order valence-corrected chi connectivity index (χ4v) is 0.522. The first-order valence-electron chi connectivity index (χ1n) is 2.47. The van der Waals surface area contributed by atoms with Crippen molar-refractivity contribution in [2.75, 3.05) is 0 Å². The van der Waals surface area contributed by atoms with Crippen molar-refractivity contribution in [3.63, 3.8) is 0 Å². The van der Waals surface area contributed by atoms with Gasteiger partial charge in [0.2, 0.25) is 0 Å².